The number of carbonyl (C=O) groups is 1. The van der Waals surface area contributed by atoms with Crippen LogP contribution in [-0.4, -0.2) is 48.3 Å². The molecule has 0 amide bonds. The Morgan fingerprint density at radius 2 is 2.15 bits per heavy atom. The van der Waals surface area contributed by atoms with Gasteiger partial charge >= 0.3 is 5.97 Å². The maximum atomic E-state index is 11.5. The van der Waals surface area contributed by atoms with Crippen LogP contribution in [0, 0.1) is 5.92 Å². The second kappa shape index (κ2) is 8.19. The number of pyridine rings is 1. The molecule has 6 nitrogen and oxygen atoms in total. The first-order valence-electron chi connectivity index (χ1n) is 8.72. The molecule has 0 radical (unpaired) electrons. The lowest BCUT2D eigenvalue weighted by molar-refractivity contribution is -0.143. The number of carboxylic acids is 1. The van der Waals surface area contributed by atoms with Crippen LogP contribution in [0.1, 0.15) is 30.0 Å². The van der Waals surface area contributed by atoms with Crippen LogP contribution in [0.2, 0.25) is 0 Å². The summed E-state index contributed by atoms with van der Waals surface area (Å²) < 4.78 is 10.9. The van der Waals surface area contributed by atoms with E-state index in [2.05, 4.69) is 9.88 Å². The van der Waals surface area contributed by atoms with Crippen LogP contribution < -0.4 is 9.47 Å². The number of piperidine rings is 1. The van der Waals surface area contributed by atoms with Crippen molar-refractivity contribution in [2.75, 3.05) is 27.3 Å². The average Bonchev–Trinajstić information content (AvgIpc) is 2.69. The molecule has 2 atom stereocenters. The van der Waals surface area contributed by atoms with Gasteiger partial charge in [0, 0.05) is 30.6 Å². The first-order chi connectivity index (χ1) is 12.6. The van der Waals surface area contributed by atoms with Crippen molar-refractivity contribution in [3.05, 3.63) is 53.9 Å². The molecular formula is C20H24N2O4. The highest BCUT2D eigenvalue weighted by atomic mass is 16.5. The van der Waals surface area contributed by atoms with Gasteiger partial charge in [-0.05, 0) is 43.1 Å². The Morgan fingerprint density at radius 1 is 1.31 bits per heavy atom. The quantitative estimate of drug-likeness (QED) is 0.858. The Kier molecular flexibility index (Phi) is 5.73. The van der Waals surface area contributed by atoms with Crippen LogP contribution in [-0.2, 0) is 4.79 Å². The van der Waals surface area contributed by atoms with E-state index in [9.17, 15) is 9.90 Å². The second-order valence-electron chi connectivity index (χ2n) is 6.47. The zero-order valence-electron chi connectivity index (χ0n) is 15.1. The van der Waals surface area contributed by atoms with Gasteiger partial charge in [0.15, 0.2) is 0 Å². The van der Waals surface area contributed by atoms with Crippen molar-refractivity contribution in [3.8, 4) is 11.5 Å². The zero-order valence-corrected chi connectivity index (χ0v) is 15.1. The van der Waals surface area contributed by atoms with Gasteiger partial charge in [0.25, 0.3) is 0 Å². The molecule has 0 aliphatic carbocycles. The predicted octanol–water partition coefficient (Wildman–Crippen LogP) is 2.98. The number of carboxylic acid groups (broad SMARTS) is 1. The fourth-order valence-corrected chi connectivity index (χ4v) is 3.61. The summed E-state index contributed by atoms with van der Waals surface area (Å²) in [5, 5.41) is 9.47. The Balaban J connectivity index is 2.03. The molecular weight excluding hydrogens is 332 g/mol. The van der Waals surface area contributed by atoms with E-state index in [4.69, 9.17) is 9.47 Å². The molecule has 1 aromatic carbocycles. The number of benzene rings is 1. The van der Waals surface area contributed by atoms with Crippen molar-refractivity contribution >= 4 is 5.97 Å². The largest absolute Gasteiger partial charge is 0.497 e. The number of aliphatic carboxylic acids is 1. The van der Waals surface area contributed by atoms with Gasteiger partial charge in [0.2, 0.25) is 0 Å². The number of nitrogens with zero attached hydrogens (tertiary/aromatic N) is 2. The highest BCUT2D eigenvalue weighted by molar-refractivity contribution is 5.70. The number of ether oxygens (including phenoxy) is 2. The van der Waals surface area contributed by atoms with Crippen molar-refractivity contribution in [3.63, 3.8) is 0 Å². The van der Waals surface area contributed by atoms with Gasteiger partial charge in [0.1, 0.15) is 11.5 Å². The molecule has 1 aliphatic heterocycles. The van der Waals surface area contributed by atoms with Crippen molar-refractivity contribution in [1.29, 1.82) is 0 Å². The fourth-order valence-electron chi connectivity index (χ4n) is 3.61. The summed E-state index contributed by atoms with van der Waals surface area (Å²) >= 11 is 0. The minimum Gasteiger partial charge on any atom is -0.497 e. The number of methoxy groups -OCH3 is 2. The minimum atomic E-state index is -0.735. The Labute approximate surface area is 153 Å². The van der Waals surface area contributed by atoms with E-state index in [0.717, 1.165) is 35.6 Å². The maximum Gasteiger partial charge on any atom is 0.307 e. The number of likely N-dealkylation sites (tertiary alicyclic amines) is 1. The number of rotatable bonds is 6. The number of hydrogen-bond donors (Lipinski definition) is 1. The van der Waals surface area contributed by atoms with Crippen LogP contribution in [0.25, 0.3) is 0 Å². The van der Waals surface area contributed by atoms with Gasteiger partial charge < -0.3 is 14.6 Å². The van der Waals surface area contributed by atoms with Crippen LogP contribution in [0.4, 0.5) is 0 Å². The van der Waals surface area contributed by atoms with Gasteiger partial charge in [-0.3, -0.25) is 14.7 Å². The molecule has 2 heterocycles. The SMILES string of the molecule is COc1ccc(C(c2cccnc2)N2CCCC(C(=O)O)C2)c(OC)c1. The molecule has 1 fully saturated rings. The lowest BCUT2D eigenvalue weighted by Gasteiger charge is -2.38. The summed E-state index contributed by atoms with van der Waals surface area (Å²) in [6.45, 7) is 1.34. The molecule has 2 unspecified atom stereocenters. The van der Waals surface area contributed by atoms with Gasteiger partial charge in [-0.1, -0.05) is 6.07 Å². The number of aromatic nitrogens is 1. The summed E-state index contributed by atoms with van der Waals surface area (Å²) in [5.41, 5.74) is 1.99. The number of hydrogen-bond acceptors (Lipinski definition) is 5. The molecule has 6 heteroatoms. The van der Waals surface area contributed by atoms with Crippen molar-refractivity contribution in [2.24, 2.45) is 5.92 Å². The second-order valence-corrected chi connectivity index (χ2v) is 6.47. The standard InChI is InChI=1S/C20H24N2O4/c1-25-16-7-8-17(18(11-16)26-2)19(14-5-3-9-21-12-14)22-10-4-6-15(13-22)20(23)24/h3,5,7-9,11-12,15,19H,4,6,10,13H2,1-2H3,(H,23,24). The first-order valence-corrected chi connectivity index (χ1v) is 8.72. The van der Waals surface area contributed by atoms with Gasteiger partial charge in [-0.2, -0.15) is 0 Å². The maximum absolute atomic E-state index is 11.5. The lowest BCUT2D eigenvalue weighted by atomic mass is 9.91. The first kappa shape index (κ1) is 18.2. The summed E-state index contributed by atoms with van der Waals surface area (Å²) in [7, 11) is 3.25. The third-order valence-electron chi connectivity index (χ3n) is 4.90. The van der Waals surface area contributed by atoms with Crippen LogP contribution in [0.3, 0.4) is 0 Å². The molecule has 2 aromatic rings. The van der Waals surface area contributed by atoms with E-state index in [0.29, 0.717) is 13.0 Å². The lowest BCUT2D eigenvalue weighted by Crippen LogP contribution is -2.41. The van der Waals surface area contributed by atoms with E-state index in [1.807, 2.05) is 36.5 Å². The molecule has 0 spiro atoms. The summed E-state index contributed by atoms with van der Waals surface area (Å²) in [6, 6.07) is 9.55. The van der Waals surface area contributed by atoms with E-state index in [1.54, 1.807) is 20.4 Å². The smallest absolute Gasteiger partial charge is 0.307 e. The Hall–Kier alpha value is -2.60. The van der Waals surface area contributed by atoms with E-state index < -0.39 is 5.97 Å². The van der Waals surface area contributed by atoms with Crippen LogP contribution in [0.15, 0.2) is 42.7 Å². The van der Waals surface area contributed by atoms with Gasteiger partial charge in [-0.25, -0.2) is 0 Å². The van der Waals surface area contributed by atoms with Crippen molar-refractivity contribution in [2.45, 2.75) is 18.9 Å². The highest BCUT2D eigenvalue weighted by Gasteiger charge is 2.32. The monoisotopic (exact) mass is 356 g/mol. The van der Waals surface area contributed by atoms with Crippen LogP contribution in [0.5, 0.6) is 11.5 Å². The third kappa shape index (κ3) is 3.80. The molecule has 1 N–H and O–H groups in total. The molecule has 26 heavy (non-hydrogen) atoms. The molecule has 0 saturated carbocycles. The Morgan fingerprint density at radius 3 is 2.81 bits per heavy atom. The highest BCUT2D eigenvalue weighted by Crippen LogP contribution is 2.38. The summed E-state index contributed by atoms with van der Waals surface area (Å²) in [6.07, 6.45) is 5.14. The molecule has 138 valence electrons. The molecule has 0 bridgehead atoms. The van der Waals surface area contributed by atoms with E-state index >= 15 is 0 Å². The summed E-state index contributed by atoms with van der Waals surface area (Å²) in [5.74, 6) is 0.349. The molecule has 1 aromatic heterocycles. The minimum absolute atomic E-state index is 0.119. The molecule has 3 rings (SSSR count). The van der Waals surface area contributed by atoms with E-state index in [1.165, 1.54) is 0 Å². The van der Waals surface area contributed by atoms with Crippen molar-refractivity contribution < 1.29 is 19.4 Å². The Bertz CT molecular complexity index is 751. The van der Waals surface area contributed by atoms with Gasteiger partial charge in [-0.15, -0.1) is 0 Å². The van der Waals surface area contributed by atoms with Gasteiger partial charge in [0.05, 0.1) is 26.2 Å². The zero-order chi connectivity index (χ0) is 18.5. The molecule has 1 aliphatic rings. The third-order valence-corrected chi connectivity index (χ3v) is 4.90. The van der Waals surface area contributed by atoms with Crippen LogP contribution >= 0.6 is 0 Å². The summed E-state index contributed by atoms with van der Waals surface area (Å²) in [4.78, 5) is 18.0. The molecule has 1 saturated heterocycles. The fraction of sp³-hybridized carbons (Fsp3) is 0.400. The van der Waals surface area contributed by atoms with E-state index in [-0.39, 0.29) is 12.0 Å². The normalized spacial score (nSPS) is 18.9. The topological polar surface area (TPSA) is 71.9 Å². The predicted molar refractivity (Wildman–Crippen MR) is 97.6 cm³/mol. The average molecular weight is 356 g/mol. The van der Waals surface area contributed by atoms with Crippen molar-refractivity contribution in [1.82, 2.24) is 9.88 Å².